The Morgan fingerprint density at radius 2 is 1.80 bits per heavy atom. The van der Waals surface area contributed by atoms with Gasteiger partial charge in [-0.05, 0) is 0 Å². The fourth-order valence-corrected chi connectivity index (χ4v) is 4.73. The van der Waals surface area contributed by atoms with E-state index in [0.29, 0.717) is 24.0 Å². The van der Waals surface area contributed by atoms with E-state index < -0.39 is 17.7 Å². The fourth-order valence-electron chi connectivity index (χ4n) is 4.14. The third-order valence-electron chi connectivity index (χ3n) is 5.72. The molecule has 2 aromatic carbocycles. The van der Waals surface area contributed by atoms with E-state index >= 15 is 0 Å². The maximum absolute atomic E-state index is 13.6. The Morgan fingerprint density at radius 3 is 2.51 bits per heavy atom. The van der Waals surface area contributed by atoms with Crippen molar-refractivity contribution in [1.29, 1.82) is 0 Å². The van der Waals surface area contributed by atoms with Crippen LogP contribution in [0.25, 0.3) is 11.1 Å². The van der Waals surface area contributed by atoms with Crippen LogP contribution >= 0.6 is 0 Å². The van der Waals surface area contributed by atoms with Crippen LogP contribution in [0.4, 0.5) is 13.2 Å². The number of hydrogen-bond acceptors (Lipinski definition) is 4. The van der Waals surface area contributed by atoms with Crippen molar-refractivity contribution < 1.29 is 27.4 Å². The van der Waals surface area contributed by atoms with Crippen LogP contribution in [0.5, 0.6) is 5.88 Å². The second-order valence-corrected chi connectivity index (χ2v) is 9.23. The van der Waals surface area contributed by atoms with E-state index in [2.05, 4.69) is 21.8 Å². The normalized spacial score (nSPS) is 13.7. The second-order valence-electron chi connectivity index (χ2n) is 8.15. The van der Waals surface area contributed by atoms with Gasteiger partial charge in [-0.2, -0.15) is 0 Å². The van der Waals surface area contributed by atoms with E-state index in [1.807, 2.05) is 36.4 Å². The minimum absolute atomic E-state index is 0.158. The number of halogens is 3. The Bertz CT molecular complexity index is 1260. The van der Waals surface area contributed by atoms with Gasteiger partial charge < -0.3 is 0 Å². The molecule has 0 amide bonds. The fraction of sp³-hybridized carbons (Fsp3) is 0.259. The van der Waals surface area contributed by atoms with Gasteiger partial charge in [-0.1, -0.05) is 6.07 Å². The first-order valence-electron chi connectivity index (χ1n) is 11.2. The van der Waals surface area contributed by atoms with Gasteiger partial charge in [0.15, 0.2) is 0 Å². The van der Waals surface area contributed by atoms with Crippen LogP contribution in [-0.4, -0.2) is 34.4 Å². The van der Waals surface area contributed by atoms with E-state index in [4.69, 9.17) is 9.47 Å². The molecule has 3 aromatic rings. The SMILES string of the molecule is CCOC(=O)c1cc([As])cc(C2=C(c3cc(C(F)(F)F)cnc3OCc3ccccc3)CCC2)c1. The Balaban J connectivity index is 1.79. The average Bonchev–Trinajstić information content (AvgIpc) is 3.32. The molecular weight excluding hydrogens is 518 g/mol. The molecule has 1 heterocycles. The molecule has 0 atom stereocenters. The van der Waals surface area contributed by atoms with Crippen molar-refractivity contribution in [3.05, 3.63) is 88.6 Å². The summed E-state index contributed by atoms with van der Waals surface area (Å²) in [6.07, 6.45) is -1.70. The van der Waals surface area contributed by atoms with E-state index in [9.17, 15) is 18.0 Å². The number of esters is 1. The van der Waals surface area contributed by atoms with Crippen LogP contribution in [0.3, 0.4) is 0 Å². The first kappa shape index (κ1) is 25.1. The number of carbonyl (C=O) groups excluding carboxylic acids is 1. The van der Waals surface area contributed by atoms with Gasteiger partial charge in [0.05, 0.1) is 0 Å². The van der Waals surface area contributed by atoms with Gasteiger partial charge in [-0.25, -0.2) is 0 Å². The summed E-state index contributed by atoms with van der Waals surface area (Å²) in [6.45, 7) is 2.17. The monoisotopic (exact) mass is 541 g/mol. The first-order valence-corrected chi connectivity index (χ1v) is 12.2. The van der Waals surface area contributed by atoms with Crippen LogP contribution in [0, 0.1) is 0 Å². The van der Waals surface area contributed by atoms with Crippen LogP contribution in [-0.2, 0) is 17.5 Å². The molecule has 0 saturated heterocycles. The molecule has 1 aliphatic carbocycles. The topological polar surface area (TPSA) is 48.4 Å². The number of ether oxygens (including phenoxy) is 2. The number of allylic oxidation sites excluding steroid dienone is 2. The van der Waals surface area contributed by atoms with Crippen LogP contribution in [0.15, 0.2) is 60.8 Å². The summed E-state index contributed by atoms with van der Waals surface area (Å²) in [5, 5.41) is 0. The first-order chi connectivity index (χ1) is 16.8. The quantitative estimate of drug-likeness (QED) is 0.283. The number of nitrogens with zero attached hydrogens (tertiary/aromatic N) is 1. The predicted molar refractivity (Wildman–Crippen MR) is 128 cm³/mol. The zero-order valence-corrected chi connectivity index (χ0v) is 20.9. The number of benzene rings is 2. The van der Waals surface area contributed by atoms with Crippen molar-refractivity contribution in [3.63, 3.8) is 0 Å². The third kappa shape index (κ3) is 5.96. The Kier molecular flexibility index (Phi) is 7.65. The van der Waals surface area contributed by atoms with Gasteiger partial charge >= 0.3 is 205 Å². The molecule has 180 valence electrons. The van der Waals surface area contributed by atoms with Crippen LogP contribution in [0.2, 0.25) is 0 Å². The summed E-state index contributed by atoms with van der Waals surface area (Å²) in [5.74, 6) is -0.278. The molecule has 4 nitrogen and oxygen atoms in total. The zero-order valence-electron chi connectivity index (χ0n) is 19.1. The summed E-state index contributed by atoms with van der Waals surface area (Å²) in [5.41, 5.74) is 3.21. The Labute approximate surface area is 210 Å². The van der Waals surface area contributed by atoms with Gasteiger partial charge in [-0.15, -0.1) is 0 Å². The van der Waals surface area contributed by atoms with Gasteiger partial charge in [0, 0.05) is 0 Å². The van der Waals surface area contributed by atoms with Gasteiger partial charge in [0.25, 0.3) is 0 Å². The second kappa shape index (κ2) is 10.7. The molecule has 0 fully saturated rings. The Hall–Kier alpha value is -3.05. The molecule has 35 heavy (non-hydrogen) atoms. The van der Waals surface area contributed by atoms with Gasteiger partial charge in [0.1, 0.15) is 0 Å². The molecule has 0 bridgehead atoms. The number of pyridine rings is 1. The van der Waals surface area contributed by atoms with Crippen molar-refractivity contribution in [2.75, 3.05) is 6.61 Å². The standard InChI is InChI=1S/C27H23AsF3NO3/c1-2-34-26(33)19-11-18(12-21(28)13-19)22-9-6-10-23(22)24-14-20(27(29,30)31)15-32-25(24)35-16-17-7-4-3-5-8-17/h3-5,7-8,11-15H,2,6,9-10,16H2,1H3. The van der Waals surface area contributed by atoms with E-state index in [1.165, 1.54) is 0 Å². The number of carbonyl (C=O) groups is 1. The molecule has 0 saturated carbocycles. The Morgan fingerprint density at radius 1 is 1.06 bits per heavy atom. The summed E-state index contributed by atoms with van der Waals surface area (Å²) in [7, 11) is 0. The van der Waals surface area contributed by atoms with Crippen molar-refractivity contribution in [1.82, 2.24) is 4.98 Å². The number of aromatic nitrogens is 1. The van der Waals surface area contributed by atoms with Crippen molar-refractivity contribution in [3.8, 4) is 5.88 Å². The van der Waals surface area contributed by atoms with E-state index in [1.54, 1.807) is 19.1 Å². The number of hydrogen-bond donors (Lipinski definition) is 0. The molecule has 0 unspecified atom stereocenters. The predicted octanol–water partition coefficient (Wildman–Crippen LogP) is 5.74. The zero-order chi connectivity index (χ0) is 25.0. The number of rotatable bonds is 7. The van der Waals surface area contributed by atoms with Gasteiger partial charge in [0.2, 0.25) is 0 Å². The molecule has 8 heteroatoms. The molecule has 0 spiro atoms. The van der Waals surface area contributed by atoms with Crippen LogP contribution in [0.1, 0.15) is 58.8 Å². The van der Waals surface area contributed by atoms with Crippen molar-refractivity contribution >= 4 is 38.3 Å². The average molecular weight is 541 g/mol. The molecular formula is C27H23AsF3NO3. The third-order valence-corrected chi connectivity index (χ3v) is 6.26. The van der Waals surface area contributed by atoms with E-state index in [0.717, 1.165) is 45.3 Å². The van der Waals surface area contributed by atoms with Crippen molar-refractivity contribution in [2.45, 2.75) is 39.0 Å². The molecule has 2 radical (unpaired) electrons. The summed E-state index contributed by atoms with van der Waals surface area (Å²) < 4.78 is 52.6. The van der Waals surface area contributed by atoms with E-state index in [-0.39, 0.29) is 19.1 Å². The maximum atomic E-state index is 13.6. The van der Waals surface area contributed by atoms with Crippen LogP contribution < -0.4 is 9.09 Å². The van der Waals surface area contributed by atoms with Crippen molar-refractivity contribution in [2.24, 2.45) is 0 Å². The minimum atomic E-state index is -4.53. The summed E-state index contributed by atoms with van der Waals surface area (Å²) in [6, 6.07) is 15.9. The van der Waals surface area contributed by atoms with Gasteiger partial charge in [-0.3, -0.25) is 0 Å². The molecule has 0 N–H and O–H groups in total. The molecule has 1 aromatic heterocycles. The summed E-state index contributed by atoms with van der Waals surface area (Å²) in [4.78, 5) is 16.4. The summed E-state index contributed by atoms with van der Waals surface area (Å²) >= 11 is 2.40. The molecule has 0 aliphatic heterocycles. The number of alkyl halides is 3. The molecule has 4 rings (SSSR count). The molecule has 1 aliphatic rings.